The second-order valence-corrected chi connectivity index (χ2v) is 12.0. The van der Waals surface area contributed by atoms with Crippen molar-refractivity contribution in [2.24, 2.45) is 17.8 Å². The zero-order chi connectivity index (χ0) is 30.3. The highest BCUT2D eigenvalue weighted by molar-refractivity contribution is 5.81. The number of allylic oxidation sites excluding steroid dienone is 2. The summed E-state index contributed by atoms with van der Waals surface area (Å²) >= 11 is 0. The number of nitrogens with two attached hydrogens (primary N) is 1. The van der Waals surface area contributed by atoms with Gasteiger partial charge in [-0.05, 0) is 66.8 Å². The van der Waals surface area contributed by atoms with Crippen LogP contribution in [0.5, 0.6) is 5.75 Å². The number of nitrogens with one attached hydrogen (secondary N) is 1. The van der Waals surface area contributed by atoms with Crippen LogP contribution in [0.15, 0.2) is 41.1 Å². The summed E-state index contributed by atoms with van der Waals surface area (Å²) < 4.78 is 45.5. The number of para-hydroxylation sites is 1. The Bertz CT molecular complexity index is 1090. The summed E-state index contributed by atoms with van der Waals surface area (Å²) in [6, 6.07) is 3.67. The number of anilines is 1. The molecule has 2 aliphatic rings. The number of amides is 1. The van der Waals surface area contributed by atoms with Gasteiger partial charge in [-0.2, -0.15) is 13.2 Å². The predicted octanol–water partition coefficient (Wildman–Crippen LogP) is 5.07. The minimum Gasteiger partial charge on any atom is -0.491 e. The number of piperazine rings is 1. The second-order valence-electron chi connectivity index (χ2n) is 12.0. The smallest absolute Gasteiger partial charge is 0.420 e. The van der Waals surface area contributed by atoms with E-state index in [1.807, 2.05) is 6.92 Å². The summed E-state index contributed by atoms with van der Waals surface area (Å²) in [5.41, 5.74) is 7.68. The topological polar surface area (TPSA) is 91.1 Å². The third kappa shape index (κ3) is 9.21. The number of alkyl halides is 3. The standard InChI is InChI=1S/C31H47F3N4O3/c1-20(2)23-8-6-11-26(39)28(21(3)4)29(23)36-27(40)18-38-16-14-37(15-17-38)13-12-22(5)19-41-30-24(31(32,33)34)9-7-10-25(30)35/h7-10,20-22,26,39H,6,11-19,35H2,1-5H3,(H,36,40). The lowest BCUT2D eigenvalue weighted by Crippen LogP contribution is -2.49. The van der Waals surface area contributed by atoms with E-state index in [9.17, 15) is 23.1 Å². The first-order valence-corrected chi connectivity index (χ1v) is 14.7. The molecule has 2 atom stereocenters. The average Bonchev–Trinajstić information content (AvgIpc) is 3.05. The number of carbonyl (C=O) groups excluding carboxylic acids is 1. The van der Waals surface area contributed by atoms with E-state index in [-0.39, 0.29) is 48.2 Å². The number of nitrogen functional groups attached to an aromatic ring is 1. The fourth-order valence-electron chi connectivity index (χ4n) is 5.53. The van der Waals surface area contributed by atoms with Crippen molar-refractivity contribution in [1.29, 1.82) is 0 Å². The zero-order valence-electron chi connectivity index (χ0n) is 25.1. The Morgan fingerprint density at radius 2 is 1.76 bits per heavy atom. The highest BCUT2D eigenvalue weighted by atomic mass is 19.4. The maximum absolute atomic E-state index is 13.3. The molecule has 1 aromatic carbocycles. The van der Waals surface area contributed by atoms with E-state index in [2.05, 4.69) is 48.9 Å². The van der Waals surface area contributed by atoms with Gasteiger partial charge in [0.2, 0.25) is 5.91 Å². The third-order valence-corrected chi connectivity index (χ3v) is 7.88. The molecule has 1 fully saturated rings. The Morgan fingerprint density at radius 1 is 1.10 bits per heavy atom. The second kappa shape index (κ2) is 14.6. The number of aliphatic hydroxyl groups excluding tert-OH is 1. The fraction of sp³-hybridized carbons (Fsp3) is 0.645. The Kier molecular flexibility index (Phi) is 11.7. The number of nitrogens with zero attached hydrogens (tertiary/aromatic N) is 2. The van der Waals surface area contributed by atoms with E-state index < -0.39 is 17.8 Å². The molecule has 0 spiro atoms. The first-order chi connectivity index (χ1) is 19.3. The molecule has 0 saturated carbocycles. The van der Waals surface area contributed by atoms with Crippen molar-refractivity contribution in [2.75, 3.05) is 51.6 Å². The van der Waals surface area contributed by atoms with Crippen LogP contribution < -0.4 is 15.8 Å². The molecule has 1 amide bonds. The molecule has 1 aliphatic carbocycles. The SMILES string of the molecule is CC(CCN1CCN(CC(=O)NC2=C(C(C)C)C(O)CCC=C2C(C)C)CC1)COc1c(N)cccc1C(F)(F)F. The number of carbonyl (C=O) groups is 1. The van der Waals surface area contributed by atoms with Crippen molar-refractivity contribution in [1.82, 2.24) is 15.1 Å². The van der Waals surface area contributed by atoms with E-state index in [4.69, 9.17) is 10.5 Å². The maximum atomic E-state index is 13.3. The molecular weight excluding hydrogens is 533 g/mol. The first kappa shape index (κ1) is 32.9. The minimum absolute atomic E-state index is 0.0180. The van der Waals surface area contributed by atoms with Crippen LogP contribution in [-0.4, -0.2) is 72.8 Å². The van der Waals surface area contributed by atoms with Crippen molar-refractivity contribution in [2.45, 2.75) is 66.2 Å². The Labute approximate surface area is 242 Å². The van der Waals surface area contributed by atoms with Crippen LogP contribution in [0.2, 0.25) is 0 Å². The molecule has 41 heavy (non-hydrogen) atoms. The Morgan fingerprint density at radius 3 is 2.37 bits per heavy atom. The van der Waals surface area contributed by atoms with Crippen LogP contribution in [0.1, 0.15) is 59.4 Å². The van der Waals surface area contributed by atoms with Gasteiger partial charge in [-0.25, -0.2) is 0 Å². The molecule has 1 aromatic rings. The zero-order valence-corrected chi connectivity index (χ0v) is 25.1. The van der Waals surface area contributed by atoms with E-state index in [0.29, 0.717) is 6.42 Å². The number of benzene rings is 1. The van der Waals surface area contributed by atoms with Crippen LogP contribution in [0.25, 0.3) is 0 Å². The third-order valence-electron chi connectivity index (χ3n) is 7.88. The van der Waals surface area contributed by atoms with Crippen LogP contribution in [-0.2, 0) is 11.0 Å². The van der Waals surface area contributed by atoms with Crippen molar-refractivity contribution >= 4 is 11.6 Å². The van der Waals surface area contributed by atoms with Crippen LogP contribution in [0, 0.1) is 17.8 Å². The molecule has 4 N–H and O–H groups in total. The van der Waals surface area contributed by atoms with Crippen molar-refractivity contribution in [3.63, 3.8) is 0 Å². The van der Waals surface area contributed by atoms with Gasteiger partial charge < -0.3 is 25.8 Å². The lowest BCUT2D eigenvalue weighted by atomic mass is 9.90. The predicted molar refractivity (Wildman–Crippen MR) is 156 cm³/mol. The summed E-state index contributed by atoms with van der Waals surface area (Å²) in [4.78, 5) is 17.6. The van der Waals surface area contributed by atoms with Crippen molar-refractivity contribution in [3.8, 4) is 5.75 Å². The van der Waals surface area contributed by atoms with E-state index in [0.717, 1.165) is 68.5 Å². The fourth-order valence-corrected chi connectivity index (χ4v) is 5.53. The molecular formula is C31H47F3N4O3. The summed E-state index contributed by atoms with van der Waals surface area (Å²) in [5, 5.41) is 13.9. The molecule has 1 heterocycles. The van der Waals surface area contributed by atoms with E-state index in [1.54, 1.807) is 0 Å². The van der Waals surface area contributed by atoms with Crippen LogP contribution in [0.3, 0.4) is 0 Å². The number of aliphatic hydroxyl groups is 1. The van der Waals surface area contributed by atoms with Gasteiger partial charge in [0.05, 0.1) is 30.5 Å². The van der Waals surface area contributed by atoms with Gasteiger partial charge in [0.15, 0.2) is 5.75 Å². The van der Waals surface area contributed by atoms with Gasteiger partial charge in [0.25, 0.3) is 0 Å². The normalized spacial score (nSPS) is 20.3. The van der Waals surface area contributed by atoms with Crippen LogP contribution in [0.4, 0.5) is 18.9 Å². The lowest BCUT2D eigenvalue weighted by Gasteiger charge is -2.35. The van der Waals surface area contributed by atoms with Crippen molar-refractivity contribution < 1.29 is 27.8 Å². The molecule has 10 heteroatoms. The molecule has 0 bridgehead atoms. The van der Waals surface area contributed by atoms with Crippen molar-refractivity contribution in [3.05, 3.63) is 46.7 Å². The highest BCUT2D eigenvalue weighted by Crippen LogP contribution is 2.39. The first-order valence-electron chi connectivity index (χ1n) is 14.7. The summed E-state index contributed by atoms with van der Waals surface area (Å²) in [6.07, 6.45) is -0.730. The monoisotopic (exact) mass is 580 g/mol. The molecule has 3 rings (SSSR count). The molecule has 0 aromatic heterocycles. The Balaban J connectivity index is 1.47. The largest absolute Gasteiger partial charge is 0.491 e. The van der Waals surface area contributed by atoms with Gasteiger partial charge in [-0.1, -0.05) is 46.8 Å². The van der Waals surface area contributed by atoms with Gasteiger partial charge in [-0.15, -0.1) is 0 Å². The highest BCUT2D eigenvalue weighted by Gasteiger charge is 2.35. The van der Waals surface area contributed by atoms with E-state index >= 15 is 0 Å². The molecule has 2 unspecified atom stereocenters. The Hall–Kier alpha value is -2.56. The number of hydrogen-bond acceptors (Lipinski definition) is 6. The molecule has 7 nitrogen and oxygen atoms in total. The van der Waals surface area contributed by atoms with Gasteiger partial charge >= 0.3 is 6.18 Å². The number of ether oxygens (including phenoxy) is 1. The summed E-state index contributed by atoms with van der Waals surface area (Å²) in [5.74, 6) is 0.0212. The van der Waals surface area contributed by atoms with Gasteiger partial charge in [0, 0.05) is 31.9 Å². The van der Waals surface area contributed by atoms with Gasteiger partial charge in [0.1, 0.15) is 0 Å². The lowest BCUT2D eigenvalue weighted by molar-refractivity contribution is -0.139. The number of hydrogen-bond donors (Lipinski definition) is 3. The summed E-state index contributed by atoms with van der Waals surface area (Å²) in [6.45, 7) is 14.6. The molecule has 1 aliphatic heterocycles. The summed E-state index contributed by atoms with van der Waals surface area (Å²) in [7, 11) is 0. The van der Waals surface area contributed by atoms with E-state index in [1.165, 1.54) is 12.1 Å². The van der Waals surface area contributed by atoms with Crippen LogP contribution >= 0.6 is 0 Å². The number of rotatable bonds is 11. The molecule has 230 valence electrons. The quantitative estimate of drug-likeness (QED) is 0.317. The van der Waals surface area contributed by atoms with Gasteiger partial charge in [-0.3, -0.25) is 9.69 Å². The number of halogens is 3. The average molecular weight is 581 g/mol. The minimum atomic E-state index is -4.53. The maximum Gasteiger partial charge on any atom is 0.420 e. The molecule has 1 saturated heterocycles. The molecule has 0 radical (unpaired) electrons.